The molecule has 1 fully saturated rings. The second-order valence-electron chi connectivity index (χ2n) is 5.00. The van der Waals surface area contributed by atoms with Crippen molar-refractivity contribution in [2.45, 2.75) is 0 Å². The largest absolute Gasteiger partial charge is 0.495 e. The van der Waals surface area contributed by atoms with Gasteiger partial charge in [0, 0.05) is 15.1 Å². The zero-order chi connectivity index (χ0) is 18.1. The molecule has 4 nitrogen and oxygen atoms in total. The lowest BCUT2D eigenvalue weighted by molar-refractivity contribution is -0.113. The molecule has 0 bridgehead atoms. The molecule has 0 radical (unpaired) electrons. The Bertz CT molecular complexity index is 900. The number of amides is 2. The van der Waals surface area contributed by atoms with Gasteiger partial charge in [-0.05, 0) is 54.2 Å². The summed E-state index contributed by atoms with van der Waals surface area (Å²) in [6, 6.07) is 9.95. The fourth-order valence-corrected chi connectivity index (χ4v) is 4.19. The molecule has 0 spiro atoms. The van der Waals surface area contributed by atoms with E-state index in [2.05, 4.69) is 15.9 Å². The van der Waals surface area contributed by atoms with Crippen molar-refractivity contribution < 1.29 is 14.3 Å². The number of carbonyl (C=O) groups excluding carboxylic acids is 2. The Hall–Kier alpha value is -1.47. The molecular formula is C17H10BrCl2NO3S. The van der Waals surface area contributed by atoms with Crippen LogP contribution >= 0.6 is 50.9 Å². The first-order valence-electron chi connectivity index (χ1n) is 6.97. The third-order valence-electron chi connectivity index (χ3n) is 3.41. The predicted molar refractivity (Wildman–Crippen MR) is 106 cm³/mol. The van der Waals surface area contributed by atoms with Crippen LogP contribution in [0.2, 0.25) is 10.0 Å². The molecule has 0 aromatic heterocycles. The second kappa shape index (κ2) is 7.41. The van der Waals surface area contributed by atoms with E-state index in [9.17, 15) is 9.59 Å². The molecule has 0 saturated carbocycles. The van der Waals surface area contributed by atoms with Gasteiger partial charge < -0.3 is 4.74 Å². The van der Waals surface area contributed by atoms with Crippen molar-refractivity contribution >= 4 is 73.8 Å². The highest BCUT2D eigenvalue weighted by Gasteiger charge is 2.36. The van der Waals surface area contributed by atoms with Gasteiger partial charge in [0.15, 0.2) is 0 Å². The lowest BCUT2D eigenvalue weighted by Gasteiger charge is -2.12. The van der Waals surface area contributed by atoms with Crippen LogP contribution in [0.1, 0.15) is 5.56 Å². The maximum Gasteiger partial charge on any atom is 0.298 e. The molecule has 2 aromatic carbocycles. The minimum absolute atomic E-state index is 0.285. The van der Waals surface area contributed by atoms with Gasteiger partial charge in [-0.1, -0.05) is 39.1 Å². The average Bonchev–Trinajstić information content (AvgIpc) is 2.82. The molecule has 0 aliphatic carbocycles. The quantitative estimate of drug-likeness (QED) is 0.528. The van der Waals surface area contributed by atoms with E-state index < -0.39 is 5.91 Å². The summed E-state index contributed by atoms with van der Waals surface area (Å²) in [6.45, 7) is 0. The third kappa shape index (κ3) is 3.72. The standard InChI is InChI=1S/C17H10BrCl2NO3S/c1-24-15-9(6-10(18)8-13(15)20)7-14-16(22)21(17(23)25-14)12-4-2-11(19)3-5-12/h2-8H,1H3/b14-7+. The number of imide groups is 1. The van der Waals surface area contributed by atoms with Crippen LogP contribution in [0.15, 0.2) is 45.8 Å². The Labute approximate surface area is 166 Å². The van der Waals surface area contributed by atoms with E-state index in [1.54, 1.807) is 42.5 Å². The number of carbonyl (C=O) groups is 2. The van der Waals surface area contributed by atoms with E-state index in [1.807, 2.05) is 0 Å². The van der Waals surface area contributed by atoms with Crippen LogP contribution < -0.4 is 9.64 Å². The van der Waals surface area contributed by atoms with E-state index in [0.717, 1.165) is 21.1 Å². The van der Waals surface area contributed by atoms with Crippen molar-refractivity contribution in [2.75, 3.05) is 12.0 Å². The number of rotatable bonds is 3. The van der Waals surface area contributed by atoms with E-state index >= 15 is 0 Å². The van der Waals surface area contributed by atoms with E-state index in [0.29, 0.717) is 27.0 Å². The maximum absolute atomic E-state index is 12.7. The molecule has 0 unspecified atom stereocenters. The molecule has 1 saturated heterocycles. The van der Waals surface area contributed by atoms with Crippen LogP contribution in [0.5, 0.6) is 5.75 Å². The molecule has 0 N–H and O–H groups in total. The molecule has 2 aromatic rings. The van der Waals surface area contributed by atoms with Crippen LogP contribution in [0.3, 0.4) is 0 Å². The van der Waals surface area contributed by atoms with Crippen molar-refractivity contribution in [1.29, 1.82) is 0 Å². The van der Waals surface area contributed by atoms with Gasteiger partial charge >= 0.3 is 0 Å². The Morgan fingerprint density at radius 1 is 1.16 bits per heavy atom. The minimum Gasteiger partial charge on any atom is -0.495 e. The lowest BCUT2D eigenvalue weighted by Crippen LogP contribution is -2.27. The van der Waals surface area contributed by atoms with Gasteiger partial charge in [-0.3, -0.25) is 9.59 Å². The van der Waals surface area contributed by atoms with Crippen LogP contribution in [-0.4, -0.2) is 18.3 Å². The molecule has 1 heterocycles. The molecule has 2 amide bonds. The lowest BCUT2D eigenvalue weighted by atomic mass is 10.1. The zero-order valence-electron chi connectivity index (χ0n) is 12.8. The van der Waals surface area contributed by atoms with Crippen LogP contribution in [0.25, 0.3) is 6.08 Å². The Morgan fingerprint density at radius 3 is 2.48 bits per heavy atom. The summed E-state index contributed by atoms with van der Waals surface area (Å²) in [4.78, 5) is 26.4. The third-order valence-corrected chi connectivity index (χ3v) is 5.27. The van der Waals surface area contributed by atoms with Gasteiger partial charge in [-0.25, -0.2) is 4.90 Å². The Kier molecular flexibility index (Phi) is 5.43. The number of anilines is 1. The first-order chi connectivity index (χ1) is 11.9. The number of ether oxygens (including phenoxy) is 1. The maximum atomic E-state index is 12.7. The molecule has 128 valence electrons. The normalized spacial score (nSPS) is 16.0. The number of hydrogen-bond donors (Lipinski definition) is 0. The van der Waals surface area contributed by atoms with Crippen molar-refractivity contribution in [2.24, 2.45) is 0 Å². The summed E-state index contributed by atoms with van der Waals surface area (Å²) >= 11 is 16.2. The number of benzene rings is 2. The molecule has 1 aliphatic rings. The molecule has 8 heteroatoms. The molecule has 1 aliphatic heterocycles. The van der Waals surface area contributed by atoms with Crippen molar-refractivity contribution in [3.05, 3.63) is 61.4 Å². The topological polar surface area (TPSA) is 46.6 Å². The summed E-state index contributed by atoms with van der Waals surface area (Å²) in [7, 11) is 1.49. The highest BCUT2D eigenvalue weighted by molar-refractivity contribution is 9.10. The summed E-state index contributed by atoms with van der Waals surface area (Å²) < 4.78 is 6.03. The van der Waals surface area contributed by atoms with Gasteiger partial charge in [0.05, 0.1) is 22.7 Å². The van der Waals surface area contributed by atoms with Gasteiger partial charge in [0.25, 0.3) is 11.1 Å². The smallest absolute Gasteiger partial charge is 0.298 e. The summed E-state index contributed by atoms with van der Waals surface area (Å²) in [6.07, 6.45) is 1.59. The first-order valence-corrected chi connectivity index (χ1v) is 9.34. The second-order valence-corrected chi connectivity index (χ2v) is 7.76. The number of methoxy groups -OCH3 is 1. The number of halogens is 3. The summed E-state index contributed by atoms with van der Waals surface area (Å²) in [5, 5.41) is 0.554. The highest BCUT2D eigenvalue weighted by atomic mass is 79.9. The minimum atomic E-state index is -0.407. The fraction of sp³-hybridized carbons (Fsp3) is 0.0588. The number of hydrogen-bond acceptors (Lipinski definition) is 4. The van der Waals surface area contributed by atoms with Gasteiger partial charge in [0.1, 0.15) is 5.75 Å². The fourth-order valence-electron chi connectivity index (χ4n) is 2.32. The Balaban J connectivity index is 2.00. The van der Waals surface area contributed by atoms with E-state index in [-0.39, 0.29) is 10.1 Å². The van der Waals surface area contributed by atoms with Gasteiger partial charge in [0.2, 0.25) is 0 Å². The summed E-state index contributed by atoms with van der Waals surface area (Å²) in [5.74, 6) is 0.0265. The van der Waals surface area contributed by atoms with Gasteiger partial charge in [-0.2, -0.15) is 0 Å². The van der Waals surface area contributed by atoms with Crippen LogP contribution in [0.4, 0.5) is 10.5 Å². The van der Waals surface area contributed by atoms with Crippen LogP contribution in [0, 0.1) is 0 Å². The van der Waals surface area contributed by atoms with Gasteiger partial charge in [-0.15, -0.1) is 0 Å². The predicted octanol–water partition coefficient (Wildman–Crippen LogP) is 6.01. The number of nitrogens with zero attached hydrogens (tertiary/aromatic N) is 1. The van der Waals surface area contributed by atoms with Crippen molar-refractivity contribution in [3.63, 3.8) is 0 Å². The molecular weight excluding hydrogens is 449 g/mol. The molecule has 0 atom stereocenters. The van der Waals surface area contributed by atoms with E-state index in [4.69, 9.17) is 27.9 Å². The SMILES string of the molecule is COc1c(Cl)cc(Br)cc1/C=C1/SC(=O)N(c2ccc(Cl)cc2)C1=O. The molecule has 3 rings (SSSR count). The van der Waals surface area contributed by atoms with E-state index in [1.165, 1.54) is 7.11 Å². The highest BCUT2D eigenvalue weighted by Crippen LogP contribution is 2.39. The van der Waals surface area contributed by atoms with Crippen molar-refractivity contribution in [3.8, 4) is 5.75 Å². The van der Waals surface area contributed by atoms with Crippen LogP contribution in [-0.2, 0) is 4.79 Å². The van der Waals surface area contributed by atoms with Crippen molar-refractivity contribution in [1.82, 2.24) is 0 Å². The summed E-state index contributed by atoms with van der Waals surface area (Å²) in [5.41, 5.74) is 1.07. The monoisotopic (exact) mass is 457 g/mol. The average molecular weight is 459 g/mol. The Morgan fingerprint density at radius 2 is 1.84 bits per heavy atom. The molecule has 25 heavy (non-hydrogen) atoms. The zero-order valence-corrected chi connectivity index (χ0v) is 16.7. The first kappa shape index (κ1) is 18.3. The number of thioether (sulfide) groups is 1.